The van der Waals surface area contributed by atoms with Crippen molar-refractivity contribution in [1.82, 2.24) is 4.90 Å². The molecule has 0 amide bonds. The second-order valence-electron chi connectivity index (χ2n) is 3.90. The van der Waals surface area contributed by atoms with Gasteiger partial charge in [-0.15, -0.1) is 11.3 Å². The van der Waals surface area contributed by atoms with E-state index in [1.165, 1.54) is 4.88 Å². The first-order valence-electron chi connectivity index (χ1n) is 5.36. The number of fused-ring (bicyclic) bond motifs is 1. The largest absolute Gasteiger partial charge is 0.486 e. The van der Waals surface area contributed by atoms with Crippen molar-refractivity contribution in [2.24, 2.45) is 0 Å². The van der Waals surface area contributed by atoms with Gasteiger partial charge in [-0.1, -0.05) is 0 Å². The van der Waals surface area contributed by atoms with Gasteiger partial charge in [-0.2, -0.15) is 0 Å². The molecule has 0 atom stereocenters. The molecule has 1 aromatic heterocycles. The van der Waals surface area contributed by atoms with Crippen molar-refractivity contribution in [3.63, 3.8) is 0 Å². The summed E-state index contributed by atoms with van der Waals surface area (Å²) in [6.45, 7) is 3.31. The van der Waals surface area contributed by atoms with Crippen LogP contribution in [0.15, 0.2) is 5.38 Å². The molecule has 0 unspecified atom stereocenters. The number of nitrogens with zero attached hydrogens (tertiary/aromatic N) is 1. The van der Waals surface area contributed by atoms with Crippen LogP contribution in [0.4, 0.5) is 0 Å². The molecule has 16 heavy (non-hydrogen) atoms. The molecule has 0 spiro atoms. The van der Waals surface area contributed by atoms with Gasteiger partial charge in [-0.3, -0.25) is 0 Å². The molecular formula is C11H17NO3S. The van der Waals surface area contributed by atoms with Crippen molar-refractivity contribution in [3.05, 3.63) is 10.3 Å². The lowest BCUT2D eigenvalue weighted by Gasteiger charge is -2.11. The third-order valence-electron chi connectivity index (χ3n) is 2.20. The zero-order valence-electron chi connectivity index (χ0n) is 9.69. The van der Waals surface area contributed by atoms with Gasteiger partial charge >= 0.3 is 0 Å². The minimum absolute atomic E-state index is 0.591. The monoisotopic (exact) mass is 243 g/mol. The number of thiophene rings is 1. The molecule has 1 aliphatic rings. The molecule has 0 aliphatic carbocycles. The average Bonchev–Trinajstić information content (AvgIpc) is 2.63. The Labute approximate surface area is 99.7 Å². The van der Waals surface area contributed by atoms with Crippen LogP contribution >= 0.6 is 11.3 Å². The van der Waals surface area contributed by atoms with Crippen molar-refractivity contribution in [2.45, 2.75) is 6.54 Å². The van der Waals surface area contributed by atoms with Gasteiger partial charge in [0.2, 0.25) is 0 Å². The second kappa shape index (κ2) is 5.52. The summed E-state index contributed by atoms with van der Waals surface area (Å²) in [5.41, 5.74) is 0. The highest BCUT2D eigenvalue weighted by atomic mass is 32.1. The Kier molecular flexibility index (Phi) is 4.04. The minimum Gasteiger partial charge on any atom is -0.486 e. The molecule has 0 saturated carbocycles. The smallest absolute Gasteiger partial charge is 0.176 e. The lowest BCUT2D eigenvalue weighted by molar-refractivity contribution is 0.0875. The van der Waals surface area contributed by atoms with Gasteiger partial charge in [0.1, 0.15) is 13.2 Å². The highest BCUT2D eigenvalue weighted by molar-refractivity contribution is 7.10. The topological polar surface area (TPSA) is 30.9 Å². The summed E-state index contributed by atoms with van der Waals surface area (Å²) in [6, 6.07) is 0. The SMILES string of the molecule is CN(C)Cc1scc2c1OCCOCCO2. The molecule has 90 valence electrons. The molecular weight excluding hydrogens is 226 g/mol. The standard InChI is InChI=1S/C11H17NO3S/c1-12(2)7-10-11-9(8-16-10)14-5-3-13-4-6-15-11/h8H,3-7H2,1-2H3. The molecule has 0 fully saturated rings. The molecule has 0 bridgehead atoms. The van der Waals surface area contributed by atoms with Gasteiger partial charge in [0, 0.05) is 11.9 Å². The van der Waals surface area contributed by atoms with Crippen LogP contribution in [0.1, 0.15) is 4.88 Å². The Morgan fingerprint density at radius 3 is 2.69 bits per heavy atom. The van der Waals surface area contributed by atoms with Gasteiger partial charge in [0.15, 0.2) is 11.5 Å². The zero-order chi connectivity index (χ0) is 11.4. The maximum absolute atomic E-state index is 5.71. The van der Waals surface area contributed by atoms with E-state index in [1.54, 1.807) is 11.3 Å². The van der Waals surface area contributed by atoms with Gasteiger partial charge < -0.3 is 19.1 Å². The highest BCUT2D eigenvalue weighted by Crippen LogP contribution is 2.38. The van der Waals surface area contributed by atoms with E-state index in [2.05, 4.69) is 4.90 Å². The average molecular weight is 243 g/mol. The summed E-state index contributed by atoms with van der Waals surface area (Å²) in [5.74, 6) is 1.75. The summed E-state index contributed by atoms with van der Waals surface area (Å²) in [6.07, 6.45) is 0. The predicted octanol–water partition coefficient (Wildman–Crippen LogP) is 1.60. The van der Waals surface area contributed by atoms with Crippen molar-refractivity contribution in [2.75, 3.05) is 40.5 Å². The van der Waals surface area contributed by atoms with Crippen LogP contribution < -0.4 is 9.47 Å². The van der Waals surface area contributed by atoms with Crippen LogP contribution in [0, 0.1) is 0 Å². The van der Waals surface area contributed by atoms with E-state index in [-0.39, 0.29) is 0 Å². The van der Waals surface area contributed by atoms with Crippen molar-refractivity contribution < 1.29 is 14.2 Å². The molecule has 2 heterocycles. The lowest BCUT2D eigenvalue weighted by Crippen LogP contribution is -2.11. The molecule has 1 aromatic rings. The molecule has 5 heteroatoms. The second-order valence-corrected chi connectivity index (χ2v) is 4.86. The predicted molar refractivity (Wildman–Crippen MR) is 63.5 cm³/mol. The van der Waals surface area contributed by atoms with E-state index in [4.69, 9.17) is 14.2 Å². The fraction of sp³-hybridized carbons (Fsp3) is 0.636. The Morgan fingerprint density at radius 2 is 1.94 bits per heavy atom. The van der Waals surface area contributed by atoms with E-state index in [0.717, 1.165) is 18.0 Å². The molecule has 0 aromatic carbocycles. The first kappa shape index (κ1) is 11.7. The van der Waals surface area contributed by atoms with Crippen LogP contribution in [0.25, 0.3) is 0 Å². The van der Waals surface area contributed by atoms with Crippen LogP contribution in [-0.2, 0) is 11.3 Å². The Morgan fingerprint density at radius 1 is 1.19 bits per heavy atom. The molecule has 0 N–H and O–H groups in total. The van der Waals surface area contributed by atoms with Crippen molar-refractivity contribution in [1.29, 1.82) is 0 Å². The van der Waals surface area contributed by atoms with Gasteiger partial charge in [-0.05, 0) is 14.1 Å². The molecule has 4 nitrogen and oxygen atoms in total. The van der Waals surface area contributed by atoms with Gasteiger partial charge in [-0.25, -0.2) is 0 Å². The molecule has 1 aliphatic heterocycles. The quantitative estimate of drug-likeness (QED) is 0.789. The highest BCUT2D eigenvalue weighted by Gasteiger charge is 2.16. The molecule has 0 saturated heterocycles. The normalized spacial score (nSPS) is 16.7. The van der Waals surface area contributed by atoms with E-state index >= 15 is 0 Å². The summed E-state index contributed by atoms with van der Waals surface area (Å²) < 4.78 is 16.6. The molecule has 0 radical (unpaired) electrons. The Balaban J connectivity index is 2.15. The maximum Gasteiger partial charge on any atom is 0.176 e. The van der Waals surface area contributed by atoms with Crippen LogP contribution in [0.2, 0.25) is 0 Å². The molecule has 2 rings (SSSR count). The van der Waals surface area contributed by atoms with Crippen molar-refractivity contribution >= 4 is 11.3 Å². The maximum atomic E-state index is 5.71. The number of rotatable bonds is 2. The van der Waals surface area contributed by atoms with Gasteiger partial charge in [0.25, 0.3) is 0 Å². The Hall–Kier alpha value is -0.780. The lowest BCUT2D eigenvalue weighted by atomic mass is 10.4. The third kappa shape index (κ3) is 2.87. The number of hydrogen-bond donors (Lipinski definition) is 0. The van der Waals surface area contributed by atoms with E-state index in [1.807, 2.05) is 19.5 Å². The fourth-order valence-electron chi connectivity index (χ4n) is 1.53. The minimum atomic E-state index is 0.591. The Bertz CT molecular complexity index is 338. The first-order chi connectivity index (χ1) is 7.77. The van der Waals surface area contributed by atoms with Crippen LogP contribution in [0.5, 0.6) is 11.5 Å². The first-order valence-corrected chi connectivity index (χ1v) is 6.24. The summed E-state index contributed by atoms with van der Waals surface area (Å²) >= 11 is 1.69. The van der Waals surface area contributed by atoms with E-state index in [0.29, 0.717) is 26.4 Å². The van der Waals surface area contributed by atoms with E-state index < -0.39 is 0 Å². The summed E-state index contributed by atoms with van der Waals surface area (Å²) in [4.78, 5) is 3.33. The summed E-state index contributed by atoms with van der Waals surface area (Å²) in [5, 5.41) is 2.01. The fourth-order valence-corrected chi connectivity index (χ4v) is 2.56. The third-order valence-corrected chi connectivity index (χ3v) is 3.14. The van der Waals surface area contributed by atoms with Crippen molar-refractivity contribution in [3.8, 4) is 11.5 Å². The van der Waals surface area contributed by atoms with Gasteiger partial charge in [0.05, 0.1) is 18.1 Å². The zero-order valence-corrected chi connectivity index (χ0v) is 10.5. The van der Waals surface area contributed by atoms with Crippen LogP contribution in [0.3, 0.4) is 0 Å². The summed E-state index contributed by atoms with van der Waals surface area (Å²) in [7, 11) is 4.09. The van der Waals surface area contributed by atoms with E-state index in [9.17, 15) is 0 Å². The number of ether oxygens (including phenoxy) is 3. The van der Waals surface area contributed by atoms with Crippen LogP contribution in [-0.4, -0.2) is 45.4 Å². The number of hydrogen-bond acceptors (Lipinski definition) is 5.